The van der Waals surface area contributed by atoms with E-state index in [1.807, 2.05) is 35.1 Å². The molecule has 0 unspecified atom stereocenters. The number of carbonyl (C=O) groups excluding carboxylic acids is 1. The zero-order chi connectivity index (χ0) is 33.1. The van der Waals surface area contributed by atoms with Crippen molar-refractivity contribution in [3.05, 3.63) is 68.8 Å². The summed E-state index contributed by atoms with van der Waals surface area (Å²) in [7, 11) is 0. The summed E-state index contributed by atoms with van der Waals surface area (Å²) >= 11 is 2.57. The summed E-state index contributed by atoms with van der Waals surface area (Å²) in [5.74, 6) is 0.221. The summed E-state index contributed by atoms with van der Waals surface area (Å²) < 4.78 is 0. The SMILES string of the molecule is CC(C)Cc1cnc2[nH]cc(-c3csc(C(=O)N4CCCCC4)n3)c2c1.CC(C)Cc1cnc2[nH]cc(-c3csc(C(=O)O)n3)c2c1. The van der Waals surface area contributed by atoms with Crippen LogP contribution in [0.25, 0.3) is 44.6 Å². The van der Waals surface area contributed by atoms with Gasteiger partial charge in [-0.05, 0) is 67.2 Å². The van der Waals surface area contributed by atoms with E-state index in [0.29, 0.717) is 22.5 Å². The molecule has 1 saturated heterocycles. The minimum absolute atomic E-state index is 0.0689. The first kappa shape index (κ1) is 32.5. The molecule has 0 bridgehead atoms. The molecule has 6 aromatic rings. The molecule has 10 nitrogen and oxygen atoms in total. The van der Waals surface area contributed by atoms with Crippen molar-refractivity contribution in [3.8, 4) is 22.5 Å². The van der Waals surface area contributed by atoms with Crippen LogP contribution in [0.5, 0.6) is 0 Å². The van der Waals surface area contributed by atoms with Crippen molar-refractivity contribution in [1.82, 2.24) is 34.8 Å². The molecular weight excluding hydrogens is 631 g/mol. The van der Waals surface area contributed by atoms with E-state index in [9.17, 15) is 9.59 Å². The van der Waals surface area contributed by atoms with Gasteiger partial charge in [0.05, 0.1) is 11.4 Å². The molecular formula is C35H39N7O3S2. The average Bonchev–Trinajstić information content (AvgIpc) is 3.86. The average molecular weight is 670 g/mol. The van der Waals surface area contributed by atoms with Crippen molar-refractivity contribution < 1.29 is 14.7 Å². The van der Waals surface area contributed by atoms with Crippen LogP contribution in [0, 0.1) is 11.8 Å². The predicted octanol–water partition coefficient (Wildman–Crippen LogP) is 8.09. The van der Waals surface area contributed by atoms with Gasteiger partial charge >= 0.3 is 5.97 Å². The number of carboxylic acid groups (broad SMARTS) is 1. The summed E-state index contributed by atoms with van der Waals surface area (Å²) in [6, 6.07) is 4.30. The molecule has 0 atom stereocenters. The number of hydrogen-bond acceptors (Lipinski definition) is 8. The highest BCUT2D eigenvalue weighted by Crippen LogP contribution is 2.31. The van der Waals surface area contributed by atoms with Gasteiger partial charge in [-0.15, -0.1) is 22.7 Å². The Morgan fingerprint density at radius 3 is 1.74 bits per heavy atom. The van der Waals surface area contributed by atoms with Gasteiger partial charge in [-0.25, -0.2) is 24.7 Å². The first-order chi connectivity index (χ1) is 22.7. The zero-order valence-electron chi connectivity index (χ0n) is 27.0. The van der Waals surface area contributed by atoms with E-state index in [-0.39, 0.29) is 10.9 Å². The van der Waals surface area contributed by atoms with Crippen LogP contribution in [0.4, 0.5) is 0 Å². The molecule has 1 aliphatic rings. The van der Waals surface area contributed by atoms with Crippen LogP contribution in [0.3, 0.4) is 0 Å². The number of aromatic carboxylic acids is 1. The smallest absolute Gasteiger partial charge is 0.365 e. The van der Waals surface area contributed by atoms with Crippen LogP contribution >= 0.6 is 22.7 Å². The minimum atomic E-state index is -0.996. The third-order valence-corrected chi connectivity index (χ3v) is 9.69. The second kappa shape index (κ2) is 14.1. The molecule has 244 valence electrons. The Labute approximate surface area is 281 Å². The van der Waals surface area contributed by atoms with Gasteiger partial charge in [-0.2, -0.15) is 0 Å². The molecule has 12 heteroatoms. The highest BCUT2D eigenvalue weighted by atomic mass is 32.1. The van der Waals surface area contributed by atoms with Crippen LogP contribution in [-0.2, 0) is 12.8 Å². The Hall–Kier alpha value is -4.42. The quantitative estimate of drug-likeness (QED) is 0.149. The number of amides is 1. The van der Waals surface area contributed by atoms with Crippen LogP contribution < -0.4 is 0 Å². The summed E-state index contributed by atoms with van der Waals surface area (Å²) in [6.07, 6.45) is 13.0. The number of piperidine rings is 1. The molecule has 0 spiro atoms. The highest BCUT2D eigenvalue weighted by Gasteiger charge is 2.22. The number of carboxylic acids is 1. The fraction of sp³-hybridized carbons (Fsp3) is 0.371. The van der Waals surface area contributed by atoms with E-state index in [1.165, 1.54) is 28.9 Å². The summed E-state index contributed by atoms with van der Waals surface area (Å²) in [6.45, 7) is 10.5. The van der Waals surface area contributed by atoms with E-state index in [0.717, 1.165) is 89.0 Å². The molecule has 1 aliphatic heterocycles. The summed E-state index contributed by atoms with van der Waals surface area (Å²) in [5.41, 5.74) is 7.50. The molecule has 1 amide bonds. The van der Waals surface area contributed by atoms with Gasteiger partial charge in [-0.1, -0.05) is 27.7 Å². The number of carbonyl (C=O) groups is 2. The van der Waals surface area contributed by atoms with Crippen molar-refractivity contribution in [2.24, 2.45) is 11.8 Å². The number of fused-ring (bicyclic) bond motifs is 2. The standard InChI is InChI=1S/C20H24N4OS.C15H15N3O2S/c1-13(2)8-14-9-15-16(11-22-18(15)21-10-14)17-12-26-19(23-17)20(25)24-6-4-3-5-7-24;1-8(2)3-9-4-10-11(6-17-13(10)16-5-9)12-7-21-14(18-12)15(19)20/h9-13H,3-8H2,1-2H3,(H,21,22);4-8H,3H2,1-2H3,(H,16,17)(H,19,20). The molecule has 3 N–H and O–H groups in total. The summed E-state index contributed by atoms with van der Waals surface area (Å²) in [4.78, 5) is 49.7. The van der Waals surface area contributed by atoms with E-state index < -0.39 is 5.97 Å². The fourth-order valence-corrected chi connectivity index (χ4v) is 7.35. The van der Waals surface area contributed by atoms with Gasteiger partial charge in [0.25, 0.3) is 5.91 Å². The van der Waals surface area contributed by atoms with E-state index in [1.54, 1.807) is 5.38 Å². The largest absolute Gasteiger partial charge is 0.476 e. The van der Waals surface area contributed by atoms with Crippen molar-refractivity contribution >= 4 is 56.6 Å². The van der Waals surface area contributed by atoms with E-state index in [2.05, 4.69) is 69.7 Å². The normalized spacial score (nSPS) is 13.4. The second-order valence-electron chi connectivity index (χ2n) is 12.8. The number of hydrogen-bond donors (Lipinski definition) is 3. The number of H-pyrrole nitrogens is 2. The lowest BCUT2D eigenvalue weighted by Gasteiger charge is -2.25. The Bertz CT molecular complexity index is 2010. The lowest BCUT2D eigenvalue weighted by molar-refractivity contribution is 0.0694. The minimum Gasteiger partial charge on any atom is -0.476 e. The van der Waals surface area contributed by atoms with Crippen molar-refractivity contribution in [3.63, 3.8) is 0 Å². The molecule has 0 aromatic carbocycles. The Kier molecular flexibility index (Phi) is 9.79. The second-order valence-corrected chi connectivity index (χ2v) is 14.5. The number of thiazole rings is 2. The molecule has 7 heterocycles. The highest BCUT2D eigenvalue weighted by molar-refractivity contribution is 7.12. The van der Waals surface area contributed by atoms with Crippen LogP contribution in [-0.4, -0.2) is 64.9 Å². The number of nitrogens with zero attached hydrogens (tertiary/aromatic N) is 5. The van der Waals surface area contributed by atoms with Gasteiger partial charge in [0.1, 0.15) is 11.3 Å². The van der Waals surface area contributed by atoms with Gasteiger partial charge in [0.15, 0.2) is 5.01 Å². The predicted molar refractivity (Wildman–Crippen MR) is 188 cm³/mol. The number of rotatable bonds is 8. The molecule has 0 radical (unpaired) electrons. The van der Waals surface area contributed by atoms with E-state index >= 15 is 0 Å². The van der Waals surface area contributed by atoms with Crippen molar-refractivity contribution in [2.45, 2.75) is 59.8 Å². The Morgan fingerprint density at radius 2 is 1.28 bits per heavy atom. The molecule has 0 saturated carbocycles. The first-order valence-electron chi connectivity index (χ1n) is 16.0. The van der Waals surface area contributed by atoms with Gasteiger partial charge < -0.3 is 20.0 Å². The maximum absolute atomic E-state index is 12.7. The maximum Gasteiger partial charge on any atom is 0.365 e. The number of aromatic nitrogens is 6. The number of pyridine rings is 2. The fourth-order valence-electron chi connectivity index (χ4n) is 5.91. The molecule has 0 aliphatic carbocycles. The summed E-state index contributed by atoms with van der Waals surface area (Å²) in [5, 5.41) is 15.5. The molecule has 6 aromatic heterocycles. The van der Waals surface area contributed by atoms with Crippen LogP contribution in [0.2, 0.25) is 0 Å². The zero-order valence-corrected chi connectivity index (χ0v) is 28.7. The Morgan fingerprint density at radius 1 is 0.787 bits per heavy atom. The third-order valence-electron chi connectivity index (χ3n) is 8.03. The number of aromatic amines is 2. The first-order valence-corrected chi connectivity index (χ1v) is 17.8. The lowest BCUT2D eigenvalue weighted by Crippen LogP contribution is -2.35. The molecule has 1 fully saturated rings. The number of nitrogens with one attached hydrogen (secondary N) is 2. The van der Waals surface area contributed by atoms with Gasteiger partial charge in [0.2, 0.25) is 5.01 Å². The lowest BCUT2D eigenvalue weighted by atomic mass is 10.0. The maximum atomic E-state index is 12.7. The molecule has 7 rings (SSSR count). The van der Waals surface area contributed by atoms with E-state index in [4.69, 9.17) is 5.11 Å². The van der Waals surface area contributed by atoms with Crippen molar-refractivity contribution in [1.29, 1.82) is 0 Å². The van der Waals surface area contributed by atoms with Gasteiger partial charge in [-0.3, -0.25) is 4.79 Å². The molecule has 47 heavy (non-hydrogen) atoms. The van der Waals surface area contributed by atoms with Crippen LogP contribution in [0.15, 0.2) is 47.7 Å². The van der Waals surface area contributed by atoms with Gasteiger partial charge in [0, 0.05) is 70.5 Å². The van der Waals surface area contributed by atoms with Crippen molar-refractivity contribution in [2.75, 3.05) is 13.1 Å². The number of likely N-dealkylation sites (tertiary alicyclic amines) is 1. The third kappa shape index (κ3) is 7.44. The van der Waals surface area contributed by atoms with Crippen LogP contribution in [0.1, 0.15) is 77.7 Å². The monoisotopic (exact) mass is 669 g/mol. The topological polar surface area (TPSA) is 141 Å². The Balaban J connectivity index is 0.000000168.